The van der Waals surface area contributed by atoms with E-state index in [4.69, 9.17) is 0 Å². The maximum absolute atomic E-state index is 12.7. The first-order valence-electron chi connectivity index (χ1n) is 7.93. The van der Waals surface area contributed by atoms with Gasteiger partial charge in [0.05, 0.1) is 11.7 Å². The highest BCUT2D eigenvalue weighted by molar-refractivity contribution is 7.93. The fraction of sp³-hybridized carbons (Fsp3) is 0.529. The van der Waals surface area contributed by atoms with E-state index in [-0.39, 0.29) is 12.5 Å². The van der Waals surface area contributed by atoms with Crippen LogP contribution in [0.1, 0.15) is 32.3 Å². The van der Waals surface area contributed by atoms with E-state index in [1.54, 1.807) is 30.3 Å². The molecule has 0 aliphatic heterocycles. The third-order valence-corrected chi connectivity index (χ3v) is 6.91. The summed E-state index contributed by atoms with van der Waals surface area (Å²) in [6, 6.07) is 8.92. The van der Waals surface area contributed by atoms with Crippen LogP contribution in [-0.4, -0.2) is 41.9 Å². The predicted molar refractivity (Wildman–Crippen MR) is 90.3 cm³/mol. The van der Waals surface area contributed by atoms with E-state index in [9.17, 15) is 23.1 Å². The Kier molecular flexibility index (Phi) is 5.32. The van der Waals surface area contributed by atoms with Crippen molar-refractivity contribution in [3.05, 3.63) is 35.9 Å². The fourth-order valence-corrected chi connectivity index (χ4v) is 3.87. The number of carboxylic acids is 1. The minimum Gasteiger partial charge on any atom is -0.481 e. The molecule has 1 amide bonds. The third-order valence-electron chi connectivity index (χ3n) is 4.33. The Bertz CT molecular complexity index is 708. The molecule has 6 nitrogen and oxygen atoms in total. The number of hydrogen-bond acceptors (Lipinski definition) is 4. The molecule has 0 spiro atoms. The second-order valence-corrected chi connectivity index (χ2v) is 9.35. The van der Waals surface area contributed by atoms with Crippen LogP contribution in [0.2, 0.25) is 0 Å². The topological polar surface area (TPSA) is 101 Å². The number of carbonyl (C=O) groups excluding carboxylic acids is 1. The molecule has 1 unspecified atom stereocenters. The van der Waals surface area contributed by atoms with Crippen molar-refractivity contribution in [3.8, 4) is 0 Å². The van der Waals surface area contributed by atoms with E-state index in [1.165, 1.54) is 13.8 Å². The third kappa shape index (κ3) is 4.35. The summed E-state index contributed by atoms with van der Waals surface area (Å²) in [5.41, 5.74) is 0.750. The van der Waals surface area contributed by atoms with Gasteiger partial charge in [-0.05, 0) is 38.7 Å². The Balaban J connectivity index is 2.13. The standard InChI is InChI=1S/C17H23NO5S/c1-17(2,16(21)18-14-8-9-14)24(22,23)11-13(15(19)20)10-12-6-4-3-5-7-12/h3-7,13-14H,8-11H2,1-2H3,(H,18,21)(H,19,20). The van der Waals surface area contributed by atoms with Gasteiger partial charge in [0.1, 0.15) is 4.75 Å². The second-order valence-electron chi connectivity index (χ2n) is 6.76. The fourth-order valence-electron chi connectivity index (χ4n) is 2.32. The van der Waals surface area contributed by atoms with E-state index in [0.29, 0.717) is 0 Å². The molecule has 0 heterocycles. The molecule has 0 radical (unpaired) electrons. The SMILES string of the molecule is CC(C)(C(=O)NC1CC1)S(=O)(=O)CC(Cc1ccccc1)C(=O)O. The van der Waals surface area contributed by atoms with Crippen LogP contribution in [0.25, 0.3) is 0 Å². The maximum Gasteiger partial charge on any atom is 0.307 e. The number of aliphatic carboxylic acids is 1. The summed E-state index contributed by atoms with van der Waals surface area (Å²) in [6.07, 6.45) is 1.82. The molecule has 24 heavy (non-hydrogen) atoms. The highest BCUT2D eigenvalue weighted by Crippen LogP contribution is 2.25. The van der Waals surface area contributed by atoms with Crippen molar-refractivity contribution < 1.29 is 23.1 Å². The Labute approximate surface area is 142 Å². The summed E-state index contributed by atoms with van der Waals surface area (Å²) in [5, 5.41) is 12.1. The second kappa shape index (κ2) is 6.93. The zero-order valence-electron chi connectivity index (χ0n) is 13.9. The van der Waals surface area contributed by atoms with Crippen molar-refractivity contribution in [2.24, 2.45) is 5.92 Å². The van der Waals surface area contributed by atoms with Gasteiger partial charge in [0, 0.05) is 6.04 Å². The normalized spacial score (nSPS) is 16.4. The molecule has 1 saturated carbocycles. The first-order valence-corrected chi connectivity index (χ1v) is 9.58. The maximum atomic E-state index is 12.7. The minimum atomic E-state index is -3.93. The molecular formula is C17H23NO5S. The lowest BCUT2D eigenvalue weighted by atomic mass is 10.0. The van der Waals surface area contributed by atoms with Gasteiger partial charge in [0.25, 0.3) is 0 Å². The lowest BCUT2D eigenvalue weighted by Crippen LogP contribution is -2.50. The number of carboxylic acid groups (broad SMARTS) is 1. The van der Waals surface area contributed by atoms with Gasteiger partial charge in [-0.3, -0.25) is 9.59 Å². The van der Waals surface area contributed by atoms with Gasteiger partial charge in [-0.25, -0.2) is 8.42 Å². The number of hydrogen-bond donors (Lipinski definition) is 2. The Hall–Kier alpha value is -1.89. The highest BCUT2D eigenvalue weighted by Gasteiger charge is 2.45. The van der Waals surface area contributed by atoms with Crippen LogP contribution in [0.4, 0.5) is 0 Å². The molecule has 1 atom stereocenters. The van der Waals surface area contributed by atoms with Gasteiger partial charge < -0.3 is 10.4 Å². The van der Waals surface area contributed by atoms with Crippen molar-refractivity contribution in [1.29, 1.82) is 0 Å². The number of rotatable bonds is 8. The molecule has 0 aromatic heterocycles. The molecule has 1 aliphatic carbocycles. The van der Waals surface area contributed by atoms with E-state index in [1.807, 2.05) is 0 Å². The van der Waals surface area contributed by atoms with Crippen LogP contribution < -0.4 is 5.32 Å². The number of carbonyl (C=O) groups is 2. The van der Waals surface area contributed by atoms with Gasteiger partial charge in [-0.2, -0.15) is 0 Å². The number of amides is 1. The van der Waals surface area contributed by atoms with Crippen LogP contribution in [0, 0.1) is 5.92 Å². The van der Waals surface area contributed by atoms with Crippen molar-refractivity contribution in [1.82, 2.24) is 5.32 Å². The summed E-state index contributed by atoms with van der Waals surface area (Å²) in [4.78, 5) is 23.7. The number of sulfone groups is 1. The summed E-state index contributed by atoms with van der Waals surface area (Å²) in [7, 11) is -3.93. The Morgan fingerprint density at radius 3 is 2.33 bits per heavy atom. The molecule has 0 saturated heterocycles. The predicted octanol–water partition coefficient (Wildman–Crippen LogP) is 1.40. The molecule has 1 aliphatic rings. The van der Waals surface area contributed by atoms with Crippen molar-refractivity contribution in [3.63, 3.8) is 0 Å². The van der Waals surface area contributed by atoms with Crippen LogP contribution in [0.3, 0.4) is 0 Å². The smallest absolute Gasteiger partial charge is 0.307 e. The highest BCUT2D eigenvalue weighted by atomic mass is 32.2. The molecular weight excluding hydrogens is 330 g/mol. The van der Waals surface area contributed by atoms with E-state index in [0.717, 1.165) is 18.4 Å². The molecule has 2 N–H and O–H groups in total. The number of benzene rings is 1. The Morgan fingerprint density at radius 1 is 1.25 bits per heavy atom. The zero-order chi connectivity index (χ0) is 18.0. The van der Waals surface area contributed by atoms with Gasteiger partial charge in [0.15, 0.2) is 9.84 Å². The molecule has 1 fully saturated rings. The van der Waals surface area contributed by atoms with Crippen molar-refractivity contribution in [2.75, 3.05) is 5.75 Å². The molecule has 2 rings (SSSR count). The van der Waals surface area contributed by atoms with Crippen molar-refractivity contribution in [2.45, 2.75) is 43.9 Å². The molecule has 132 valence electrons. The van der Waals surface area contributed by atoms with E-state index in [2.05, 4.69) is 5.32 Å². The average molecular weight is 353 g/mol. The largest absolute Gasteiger partial charge is 0.481 e. The minimum absolute atomic E-state index is 0.0477. The molecule has 7 heteroatoms. The van der Waals surface area contributed by atoms with Crippen molar-refractivity contribution >= 4 is 21.7 Å². The summed E-state index contributed by atoms with van der Waals surface area (Å²) in [5.74, 6) is -3.40. The summed E-state index contributed by atoms with van der Waals surface area (Å²) < 4.78 is 23.7. The first kappa shape index (κ1) is 18.4. The lowest BCUT2D eigenvalue weighted by molar-refractivity contribution is -0.141. The molecule has 1 aromatic carbocycles. The monoisotopic (exact) mass is 353 g/mol. The average Bonchev–Trinajstić information content (AvgIpc) is 3.31. The van der Waals surface area contributed by atoms with Gasteiger partial charge in [0.2, 0.25) is 5.91 Å². The quantitative estimate of drug-likeness (QED) is 0.736. The first-order chi connectivity index (χ1) is 11.1. The van der Waals surface area contributed by atoms with E-state index < -0.39 is 38.1 Å². The molecule has 0 bridgehead atoms. The summed E-state index contributed by atoms with van der Waals surface area (Å²) in [6.45, 7) is 2.67. The van der Waals surface area contributed by atoms with Crippen LogP contribution in [0.15, 0.2) is 30.3 Å². The van der Waals surface area contributed by atoms with Gasteiger partial charge in [-0.1, -0.05) is 30.3 Å². The van der Waals surface area contributed by atoms with Crippen LogP contribution >= 0.6 is 0 Å². The van der Waals surface area contributed by atoms with E-state index >= 15 is 0 Å². The van der Waals surface area contributed by atoms with Gasteiger partial charge in [-0.15, -0.1) is 0 Å². The lowest BCUT2D eigenvalue weighted by Gasteiger charge is -2.25. The van der Waals surface area contributed by atoms with Crippen LogP contribution in [-0.2, 0) is 25.8 Å². The Morgan fingerprint density at radius 2 is 1.83 bits per heavy atom. The van der Waals surface area contributed by atoms with Gasteiger partial charge >= 0.3 is 5.97 Å². The summed E-state index contributed by atoms with van der Waals surface area (Å²) >= 11 is 0. The molecule has 1 aromatic rings. The van der Waals surface area contributed by atoms with Crippen LogP contribution in [0.5, 0.6) is 0 Å². The number of nitrogens with one attached hydrogen (secondary N) is 1. The zero-order valence-corrected chi connectivity index (χ0v) is 14.7.